The quantitative estimate of drug-likeness (QED) is 0.257. The lowest BCUT2D eigenvalue weighted by atomic mass is 10.2. The van der Waals surface area contributed by atoms with Crippen molar-refractivity contribution in [2.45, 2.75) is 26.7 Å². The van der Waals surface area contributed by atoms with Crippen molar-refractivity contribution in [3.63, 3.8) is 0 Å². The molecule has 28 heavy (non-hydrogen) atoms. The fourth-order valence-electron chi connectivity index (χ4n) is 3.27. The van der Waals surface area contributed by atoms with E-state index in [4.69, 9.17) is 4.53 Å². The fourth-order valence-corrected chi connectivity index (χ4v) is 6.86. The van der Waals surface area contributed by atoms with E-state index in [2.05, 4.69) is 41.6 Å². The normalized spacial score (nSPS) is 11.9. The summed E-state index contributed by atoms with van der Waals surface area (Å²) in [7, 11) is -2.85. The molecule has 3 aromatic carbocycles. The molecule has 0 unspecified atom stereocenters. The predicted molar refractivity (Wildman–Crippen MR) is 118 cm³/mol. The molecule has 0 radical (unpaired) electrons. The molecular formula is C24H25NO2Si. The summed E-state index contributed by atoms with van der Waals surface area (Å²) in [6, 6.07) is 30.8. The van der Waals surface area contributed by atoms with E-state index >= 15 is 0 Å². The Morgan fingerprint density at radius 1 is 0.786 bits per heavy atom. The number of oxime groups is 1. The Hall–Kier alpha value is -2.98. The lowest BCUT2D eigenvalue weighted by molar-refractivity contribution is -0.117. The van der Waals surface area contributed by atoms with Gasteiger partial charge in [-0.25, -0.2) is 0 Å². The van der Waals surface area contributed by atoms with Crippen LogP contribution in [0.15, 0.2) is 96.2 Å². The largest absolute Gasteiger partial charge is 0.438 e. The number of benzene rings is 3. The summed E-state index contributed by atoms with van der Waals surface area (Å²) in [4.78, 5) is 11.8. The van der Waals surface area contributed by atoms with Gasteiger partial charge in [-0.2, -0.15) is 0 Å². The lowest BCUT2D eigenvalue weighted by Gasteiger charge is -2.30. The second-order valence-corrected chi connectivity index (χ2v) is 10.0. The number of carbonyl (C=O) groups is 1. The van der Waals surface area contributed by atoms with Crippen molar-refractivity contribution >= 4 is 35.4 Å². The van der Waals surface area contributed by atoms with Gasteiger partial charge in [-0.1, -0.05) is 97.9 Å². The standard InChI is InChI=1S/C24H25NO2Si/c1-3-21(26)19-20(2)25-27-28(22-13-7-4-8-14-22,23-15-9-5-10-16-23)24-17-11-6-12-18-24/h4-18H,3,19H2,1-2H3/b25-20+. The van der Waals surface area contributed by atoms with Gasteiger partial charge < -0.3 is 4.53 Å². The Bertz CT molecular complexity index is 828. The topological polar surface area (TPSA) is 38.7 Å². The van der Waals surface area contributed by atoms with E-state index in [-0.39, 0.29) is 5.78 Å². The second-order valence-electron chi connectivity index (χ2n) is 6.77. The highest BCUT2D eigenvalue weighted by Gasteiger charge is 2.44. The van der Waals surface area contributed by atoms with Crippen molar-refractivity contribution in [2.24, 2.45) is 5.16 Å². The van der Waals surface area contributed by atoms with E-state index in [0.717, 1.165) is 15.6 Å². The molecule has 0 bridgehead atoms. The van der Waals surface area contributed by atoms with Gasteiger partial charge in [-0.3, -0.25) is 4.79 Å². The average Bonchev–Trinajstić information content (AvgIpc) is 2.76. The summed E-state index contributed by atoms with van der Waals surface area (Å²) in [5.74, 6) is 0.163. The molecule has 0 saturated heterocycles. The minimum Gasteiger partial charge on any atom is -0.438 e. The molecule has 3 nitrogen and oxygen atoms in total. The molecule has 0 aliphatic carbocycles. The van der Waals surface area contributed by atoms with E-state index in [1.165, 1.54) is 0 Å². The van der Waals surface area contributed by atoms with Crippen molar-refractivity contribution in [2.75, 3.05) is 0 Å². The molecule has 0 atom stereocenters. The van der Waals surface area contributed by atoms with Gasteiger partial charge in [0.1, 0.15) is 5.78 Å². The van der Waals surface area contributed by atoms with Crippen LogP contribution in [0.25, 0.3) is 0 Å². The highest BCUT2D eigenvalue weighted by Crippen LogP contribution is 2.11. The minimum absolute atomic E-state index is 0.163. The summed E-state index contributed by atoms with van der Waals surface area (Å²) < 4.78 is 6.47. The maximum atomic E-state index is 11.8. The zero-order valence-electron chi connectivity index (χ0n) is 16.3. The summed E-state index contributed by atoms with van der Waals surface area (Å²) in [5, 5.41) is 7.82. The molecule has 0 fully saturated rings. The molecule has 0 heterocycles. The third-order valence-electron chi connectivity index (χ3n) is 4.73. The van der Waals surface area contributed by atoms with Gasteiger partial charge in [0.15, 0.2) is 0 Å². The molecule has 4 heteroatoms. The Morgan fingerprint density at radius 2 is 1.18 bits per heavy atom. The molecule has 0 amide bonds. The third-order valence-corrected chi connectivity index (χ3v) is 8.53. The lowest BCUT2D eigenvalue weighted by Crippen LogP contribution is -2.68. The number of hydrogen-bond acceptors (Lipinski definition) is 3. The first-order chi connectivity index (χ1) is 13.7. The third kappa shape index (κ3) is 4.29. The van der Waals surface area contributed by atoms with Crippen LogP contribution in [-0.4, -0.2) is 19.8 Å². The molecule has 0 aromatic heterocycles. The van der Waals surface area contributed by atoms with E-state index in [1.54, 1.807) is 0 Å². The van der Waals surface area contributed by atoms with Crippen molar-refractivity contribution in [3.05, 3.63) is 91.0 Å². The summed E-state index contributed by atoms with van der Waals surface area (Å²) in [6.45, 7) is 3.72. The van der Waals surface area contributed by atoms with E-state index in [9.17, 15) is 4.79 Å². The Balaban J connectivity index is 2.17. The summed E-state index contributed by atoms with van der Waals surface area (Å²) in [5.41, 5.74) is 0.700. The van der Waals surface area contributed by atoms with Crippen LogP contribution >= 0.6 is 0 Å². The fraction of sp³-hybridized carbons (Fsp3) is 0.167. The van der Waals surface area contributed by atoms with Crippen LogP contribution in [0.3, 0.4) is 0 Å². The Kier molecular flexibility index (Phi) is 6.56. The highest BCUT2D eigenvalue weighted by molar-refractivity contribution is 7.07. The number of carbonyl (C=O) groups excluding carboxylic acids is 1. The SMILES string of the molecule is CCC(=O)C/C(C)=N/O[Si](c1ccccc1)(c1ccccc1)c1ccccc1. The molecule has 0 saturated carbocycles. The van der Waals surface area contributed by atoms with Crippen LogP contribution in [0, 0.1) is 0 Å². The Morgan fingerprint density at radius 3 is 1.54 bits per heavy atom. The first kappa shape index (κ1) is 19.8. The van der Waals surface area contributed by atoms with Gasteiger partial charge in [-0.15, -0.1) is 5.16 Å². The van der Waals surface area contributed by atoms with Crippen LogP contribution in [0.4, 0.5) is 0 Å². The molecule has 142 valence electrons. The number of ketones is 1. The molecule has 0 N–H and O–H groups in total. The van der Waals surface area contributed by atoms with Crippen molar-refractivity contribution < 1.29 is 9.32 Å². The Labute approximate surface area is 167 Å². The number of rotatable bonds is 8. The monoisotopic (exact) mass is 387 g/mol. The van der Waals surface area contributed by atoms with Crippen LogP contribution in [0.2, 0.25) is 0 Å². The maximum absolute atomic E-state index is 11.8. The van der Waals surface area contributed by atoms with Gasteiger partial charge in [0.05, 0.1) is 5.71 Å². The number of Topliss-reactive ketones (excluding diaryl/α,β-unsaturated/α-hetero) is 1. The van der Waals surface area contributed by atoms with E-state index < -0.39 is 8.32 Å². The first-order valence-corrected chi connectivity index (χ1v) is 11.5. The molecule has 3 rings (SSSR count). The van der Waals surface area contributed by atoms with Crippen LogP contribution in [-0.2, 0) is 9.32 Å². The van der Waals surface area contributed by atoms with Gasteiger partial charge in [0.25, 0.3) is 0 Å². The second kappa shape index (κ2) is 9.29. The molecule has 0 spiro atoms. The van der Waals surface area contributed by atoms with Crippen LogP contribution in [0.5, 0.6) is 0 Å². The van der Waals surface area contributed by atoms with Gasteiger partial charge in [0, 0.05) is 12.8 Å². The molecular weight excluding hydrogens is 362 g/mol. The van der Waals surface area contributed by atoms with Crippen molar-refractivity contribution in [1.82, 2.24) is 0 Å². The summed E-state index contributed by atoms with van der Waals surface area (Å²) >= 11 is 0. The number of hydrogen-bond donors (Lipinski definition) is 0. The highest BCUT2D eigenvalue weighted by atomic mass is 28.4. The first-order valence-electron chi connectivity index (χ1n) is 9.56. The average molecular weight is 388 g/mol. The molecule has 0 aliphatic heterocycles. The zero-order valence-corrected chi connectivity index (χ0v) is 17.3. The zero-order chi connectivity index (χ0) is 19.8. The van der Waals surface area contributed by atoms with E-state index in [0.29, 0.717) is 18.6 Å². The van der Waals surface area contributed by atoms with Gasteiger partial charge in [0.2, 0.25) is 0 Å². The predicted octanol–water partition coefficient (Wildman–Crippen LogP) is 3.42. The van der Waals surface area contributed by atoms with Crippen molar-refractivity contribution in [1.29, 1.82) is 0 Å². The number of nitrogens with zero attached hydrogens (tertiary/aromatic N) is 1. The minimum atomic E-state index is -2.85. The smallest absolute Gasteiger partial charge is 0.380 e. The van der Waals surface area contributed by atoms with E-state index in [1.807, 2.05) is 68.4 Å². The van der Waals surface area contributed by atoms with Crippen molar-refractivity contribution in [3.8, 4) is 0 Å². The molecule has 0 aliphatic rings. The summed E-state index contributed by atoms with van der Waals surface area (Å²) in [6.07, 6.45) is 0.824. The van der Waals surface area contributed by atoms with Gasteiger partial charge >= 0.3 is 8.32 Å². The van der Waals surface area contributed by atoms with Gasteiger partial charge in [-0.05, 0) is 22.5 Å². The molecule has 3 aromatic rings. The maximum Gasteiger partial charge on any atom is 0.380 e. The van der Waals surface area contributed by atoms with Crippen LogP contribution < -0.4 is 15.6 Å². The van der Waals surface area contributed by atoms with Crippen LogP contribution in [0.1, 0.15) is 26.7 Å².